The molecule has 2 heteroatoms. The summed E-state index contributed by atoms with van der Waals surface area (Å²) >= 11 is 0. The maximum absolute atomic E-state index is 9.66. The van der Waals surface area contributed by atoms with Gasteiger partial charge in [-0.05, 0) is 47.9 Å². The minimum Gasteiger partial charge on any atom is -0.508 e. The second-order valence-electron chi connectivity index (χ2n) is 6.61. The van der Waals surface area contributed by atoms with Gasteiger partial charge in [-0.2, -0.15) is 0 Å². The van der Waals surface area contributed by atoms with E-state index < -0.39 is 0 Å². The van der Waals surface area contributed by atoms with E-state index in [2.05, 4.69) is 31.2 Å². The number of phenols is 1. The number of benzene rings is 3. The van der Waals surface area contributed by atoms with Crippen LogP contribution in [0.5, 0.6) is 5.75 Å². The predicted octanol–water partition coefficient (Wildman–Crippen LogP) is 6.69. The standard InChI is InChI=1S/C23H22O2/c1-2-3-4-8-21-20-7-5-6-9-22(20)25-23(21)18-11-10-17-15-19(24)13-12-16(17)14-18/h5-7,9-15,24H,2-4,8H2,1H3. The van der Waals surface area contributed by atoms with Gasteiger partial charge in [-0.1, -0.05) is 56.2 Å². The van der Waals surface area contributed by atoms with Crippen LogP contribution in [-0.2, 0) is 6.42 Å². The number of aryl methyl sites for hydroxylation is 1. The van der Waals surface area contributed by atoms with Gasteiger partial charge in [-0.3, -0.25) is 0 Å². The summed E-state index contributed by atoms with van der Waals surface area (Å²) in [5.41, 5.74) is 3.36. The zero-order valence-corrected chi connectivity index (χ0v) is 14.5. The average molecular weight is 330 g/mol. The highest BCUT2D eigenvalue weighted by atomic mass is 16.3. The minimum absolute atomic E-state index is 0.296. The molecule has 0 spiro atoms. The maximum atomic E-state index is 9.66. The molecule has 4 rings (SSSR count). The molecule has 3 aromatic carbocycles. The maximum Gasteiger partial charge on any atom is 0.138 e. The number of unbranched alkanes of at least 4 members (excludes halogenated alkanes) is 2. The summed E-state index contributed by atoms with van der Waals surface area (Å²) in [7, 11) is 0. The second-order valence-corrected chi connectivity index (χ2v) is 6.61. The van der Waals surface area contributed by atoms with E-state index in [1.165, 1.54) is 30.2 Å². The molecule has 0 atom stereocenters. The highest BCUT2D eigenvalue weighted by molar-refractivity contribution is 5.92. The number of aromatic hydroxyl groups is 1. The van der Waals surface area contributed by atoms with Crippen molar-refractivity contribution in [2.75, 3.05) is 0 Å². The Morgan fingerprint density at radius 2 is 1.68 bits per heavy atom. The molecule has 0 aliphatic carbocycles. The van der Waals surface area contributed by atoms with E-state index >= 15 is 0 Å². The lowest BCUT2D eigenvalue weighted by atomic mass is 9.98. The minimum atomic E-state index is 0.296. The van der Waals surface area contributed by atoms with Crippen LogP contribution in [0.25, 0.3) is 33.1 Å². The molecule has 1 aromatic heterocycles. The van der Waals surface area contributed by atoms with Crippen molar-refractivity contribution < 1.29 is 9.52 Å². The Bertz CT molecular complexity index is 1030. The van der Waals surface area contributed by atoms with Crippen molar-refractivity contribution in [1.29, 1.82) is 0 Å². The Morgan fingerprint density at radius 1 is 0.880 bits per heavy atom. The quantitative estimate of drug-likeness (QED) is 0.413. The molecule has 126 valence electrons. The summed E-state index contributed by atoms with van der Waals surface area (Å²) in [4.78, 5) is 0. The Balaban J connectivity index is 1.84. The van der Waals surface area contributed by atoms with E-state index in [0.717, 1.165) is 34.1 Å². The van der Waals surface area contributed by atoms with Crippen LogP contribution >= 0.6 is 0 Å². The average Bonchev–Trinajstić information content (AvgIpc) is 3.00. The number of para-hydroxylation sites is 1. The molecular formula is C23H22O2. The third kappa shape index (κ3) is 3.00. The van der Waals surface area contributed by atoms with Gasteiger partial charge >= 0.3 is 0 Å². The van der Waals surface area contributed by atoms with E-state index in [4.69, 9.17) is 4.42 Å². The number of phenolic OH excluding ortho intramolecular Hbond substituents is 1. The van der Waals surface area contributed by atoms with Gasteiger partial charge in [-0.15, -0.1) is 0 Å². The van der Waals surface area contributed by atoms with Crippen LogP contribution in [0, 0.1) is 0 Å². The van der Waals surface area contributed by atoms with Crippen LogP contribution in [0.3, 0.4) is 0 Å². The zero-order valence-electron chi connectivity index (χ0n) is 14.5. The van der Waals surface area contributed by atoms with Crippen molar-refractivity contribution in [1.82, 2.24) is 0 Å². The number of hydrogen-bond acceptors (Lipinski definition) is 2. The van der Waals surface area contributed by atoms with Gasteiger partial charge in [0.05, 0.1) is 0 Å². The Hall–Kier alpha value is -2.74. The van der Waals surface area contributed by atoms with Crippen molar-refractivity contribution in [2.45, 2.75) is 32.6 Å². The number of fused-ring (bicyclic) bond motifs is 2. The molecule has 4 aromatic rings. The van der Waals surface area contributed by atoms with Crippen molar-refractivity contribution in [3.63, 3.8) is 0 Å². The Kier molecular flexibility index (Phi) is 4.19. The smallest absolute Gasteiger partial charge is 0.138 e. The van der Waals surface area contributed by atoms with Gasteiger partial charge in [0.15, 0.2) is 0 Å². The lowest BCUT2D eigenvalue weighted by Crippen LogP contribution is -1.88. The summed E-state index contributed by atoms with van der Waals surface area (Å²) in [5, 5.41) is 13.0. The molecule has 0 bridgehead atoms. The third-order valence-electron chi connectivity index (χ3n) is 4.81. The first-order valence-electron chi connectivity index (χ1n) is 9.00. The SMILES string of the molecule is CCCCCc1c(-c2ccc3cc(O)ccc3c2)oc2ccccc12. The van der Waals surface area contributed by atoms with Gasteiger partial charge in [0, 0.05) is 16.5 Å². The molecule has 0 amide bonds. The van der Waals surface area contributed by atoms with Crippen molar-refractivity contribution in [3.05, 3.63) is 66.2 Å². The van der Waals surface area contributed by atoms with Gasteiger partial charge in [-0.25, -0.2) is 0 Å². The van der Waals surface area contributed by atoms with Gasteiger partial charge in [0.2, 0.25) is 0 Å². The molecule has 0 aliphatic heterocycles. The van der Waals surface area contributed by atoms with Gasteiger partial charge < -0.3 is 9.52 Å². The van der Waals surface area contributed by atoms with Crippen LogP contribution < -0.4 is 0 Å². The summed E-state index contributed by atoms with van der Waals surface area (Å²) in [6, 6.07) is 20.1. The summed E-state index contributed by atoms with van der Waals surface area (Å²) < 4.78 is 6.24. The first kappa shape index (κ1) is 15.8. The fourth-order valence-corrected chi connectivity index (χ4v) is 3.51. The van der Waals surface area contributed by atoms with Crippen LogP contribution in [0.4, 0.5) is 0 Å². The summed E-state index contributed by atoms with van der Waals surface area (Å²) in [5.74, 6) is 1.27. The monoisotopic (exact) mass is 330 g/mol. The molecule has 0 saturated heterocycles. The van der Waals surface area contributed by atoms with E-state index in [-0.39, 0.29) is 0 Å². The number of hydrogen-bond donors (Lipinski definition) is 1. The predicted molar refractivity (Wildman–Crippen MR) is 104 cm³/mol. The van der Waals surface area contributed by atoms with E-state index in [9.17, 15) is 5.11 Å². The topological polar surface area (TPSA) is 33.4 Å². The van der Waals surface area contributed by atoms with Crippen LogP contribution in [0.2, 0.25) is 0 Å². The van der Waals surface area contributed by atoms with Gasteiger partial charge in [0.1, 0.15) is 17.1 Å². The first-order valence-corrected chi connectivity index (χ1v) is 9.00. The van der Waals surface area contributed by atoms with E-state index in [1.807, 2.05) is 24.3 Å². The highest BCUT2D eigenvalue weighted by Gasteiger charge is 2.15. The lowest BCUT2D eigenvalue weighted by molar-refractivity contribution is 0.476. The summed E-state index contributed by atoms with van der Waals surface area (Å²) in [6.07, 6.45) is 4.66. The van der Waals surface area contributed by atoms with Crippen LogP contribution in [0.1, 0.15) is 31.7 Å². The highest BCUT2D eigenvalue weighted by Crippen LogP contribution is 2.36. The molecule has 2 nitrogen and oxygen atoms in total. The molecule has 0 radical (unpaired) electrons. The van der Waals surface area contributed by atoms with Crippen molar-refractivity contribution in [2.24, 2.45) is 0 Å². The number of rotatable bonds is 5. The Labute approximate surface area is 147 Å². The Morgan fingerprint density at radius 3 is 2.56 bits per heavy atom. The normalized spacial score (nSPS) is 11.4. The fraction of sp³-hybridized carbons (Fsp3) is 0.217. The molecule has 0 unspecified atom stereocenters. The lowest BCUT2D eigenvalue weighted by Gasteiger charge is -2.06. The fourth-order valence-electron chi connectivity index (χ4n) is 3.51. The molecule has 0 fully saturated rings. The zero-order chi connectivity index (χ0) is 17.2. The molecular weight excluding hydrogens is 308 g/mol. The molecule has 1 heterocycles. The van der Waals surface area contributed by atoms with E-state index in [1.54, 1.807) is 12.1 Å². The molecule has 0 aliphatic rings. The van der Waals surface area contributed by atoms with Gasteiger partial charge in [0.25, 0.3) is 0 Å². The second kappa shape index (κ2) is 6.64. The largest absolute Gasteiger partial charge is 0.508 e. The molecule has 25 heavy (non-hydrogen) atoms. The van der Waals surface area contributed by atoms with Crippen LogP contribution in [0.15, 0.2) is 65.1 Å². The number of furan rings is 1. The van der Waals surface area contributed by atoms with Crippen molar-refractivity contribution in [3.8, 4) is 17.1 Å². The first-order chi connectivity index (χ1) is 12.3. The van der Waals surface area contributed by atoms with Crippen LogP contribution in [-0.4, -0.2) is 5.11 Å². The van der Waals surface area contributed by atoms with E-state index in [0.29, 0.717) is 5.75 Å². The third-order valence-corrected chi connectivity index (χ3v) is 4.81. The van der Waals surface area contributed by atoms with Crippen molar-refractivity contribution >= 4 is 21.7 Å². The summed E-state index contributed by atoms with van der Waals surface area (Å²) in [6.45, 7) is 2.23. The molecule has 0 saturated carbocycles. The molecule has 1 N–H and O–H groups in total.